The lowest BCUT2D eigenvalue weighted by atomic mass is 10.4. The molecule has 5 nitrogen and oxygen atoms in total. The molecule has 0 amide bonds. The lowest BCUT2D eigenvalue weighted by Gasteiger charge is -2.06. The van der Waals surface area contributed by atoms with Crippen LogP contribution in [0.5, 0.6) is 5.75 Å². The number of anilines is 2. The fourth-order valence-corrected chi connectivity index (χ4v) is 0.873. The van der Waals surface area contributed by atoms with Gasteiger partial charge in [-0.25, -0.2) is 4.98 Å². The Morgan fingerprint density at radius 3 is 2.38 bits per heavy atom. The maximum atomic E-state index is 5.46. The van der Waals surface area contributed by atoms with Gasteiger partial charge in [0.05, 0.1) is 6.61 Å². The number of nitrogens with zero attached hydrogens (tertiary/aromatic N) is 1. The van der Waals surface area contributed by atoms with E-state index in [1.807, 2.05) is 0 Å². The zero-order chi connectivity index (χ0) is 9.68. The Morgan fingerprint density at radius 2 is 1.85 bits per heavy atom. The lowest BCUT2D eigenvalue weighted by molar-refractivity contribution is 0.146. The predicted octanol–water partition coefficient (Wildman–Crippen LogP) is 0.271. The summed E-state index contributed by atoms with van der Waals surface area (Å²) in [7, 11) is 1.61. The van der Waals surface area contributed by atoms with E-state index in [-0.39, 0.29) is 0 Å². The van der Waals surface area contributed by atoms with Crippen molar-refractivity contribution in [1.82, 2.24) is 4.98 Å². The molecule has 5 heteroatoms. The molecular formula is C8H13N3O2. The van der Waals surface area contributed by atoms with Crippen LogP contribution in [-0.4, -0.2) is 25.3 Å². The zero-order valence-electron chi connectivity index (χ0n) is 7.49. The average Bonchev–Trinajstić information content (AvgIpc) is 2.03. The number of hydrogen-bond acceptors (Lipinski definition) is 5. The van der Waals surface area contributed by atoms with Gasteiger partial charge in [0.25, 0.3) is 0 Å². The van der Waals surface area contributed by atoms with Crippen LogP contribution in [0.1, 0.15) is 0 Å². The van der Waals surface area contributed by atoms with E-state index in [1.54, 1.807) is 19.2 Å². The topological polar surface area (TPSA) is 83.4 Å². The average molecular weight is 183 g/mol. The van der Waals surface area contributed by atoms with Crippen molar-refractivity contribution < 1.29 is 9.47 Å². The van der Waals surface area contributed by atoms with E-state index in [9.17, 15) is 0 Å². The minimum atomic E-state index is 0.354. The van der Waals surface area contributed by atoms with Crippen LogP contribution >= 0.6 is 0 Å². The van der Waals surface area contributed by atoms with E-state index in [0.717, 1.165) is 0 Å². The van der Waals surface area contributed by atoms with Gasteiger partial charge in [-0.05, 0) is 0 Å². The van der Waals surface area contributed by atoms with Gasteiger partial charge in [0, 0.05) is 19.2 Å². The zero-order valence-corrected chi connectivity index (χ0v) is 7.49. The van der Waals surface area contributed by atoms with Gasteiger partial charge in [0.15, 0.2) is 0 Å². The smallest absolute Gasteiger partial charge is 0.129 e. The second kappa shape index (κ2) is 4.51. The molecule has 0 radical (unpaired) electrons. The maximum absolute atomic E-state index is 5.46. The molecule has 1 aromatic heterocycles. The number of nitrogen functional groups attached to an aromatic ring is 2. The van der Waals surface area contributed by atoms with Crippen molar-refractivity contribution in [3.8, 4) is 5.75 Å². The highest BCUT2D eigenvalue weighted by Gasteiger charge is 1.97. The largest absolute Gasteiger partial charge is 0.491 e. The van der Waals surface area contributed by atoms with Gasteiger partial charge < -0.3 is 20.9 Å². The van der Waals surface area contributed by atoms with Crippen molar-refractivity contribution in [1.29, 1.82) is 0 Å². The molecule has 0 spiro atoms. The number of aromatic nitrogens is 1. The van der Waals surface area contributed by atoms with Crippen molar-refractivity contribution in [2.75, 3.05) is 31.8 Å². The first-order valence-corrected chi connectivity index (χ1v) is 3.87. The third-order valence-electron chi connectivity index (χ3n) is 1.39. The first-order chi connectivity index (χ1) is 6.22. The Morgan fingerprint density at radius 1 is 1.23 bits per heavy atom. The van der Waals surface area contributed by atoms with Crippen LogP contribution in [0.15, 0.2) is 12.1 Å². The molecule has 0 fully saturated rings. The summed E-state index contributed by atoms with van der Waals surface area (Å²) in [4.78, 5) is 3.81. The van der Waals surface area contributed by atoms with Crippen molar-refractivity contribution in [2.45, 2.75) is 0 Å². The van der Waals surface area contributed by atoms with E-state index in [0.29, 0.717) is 30.6 Å². The van der Waals surface area contributed by atoms with Crippen LogP contribution in [0.3, 0.4) is 0 Å². The molecule has 0 aliphatic heterocycles. The molecule has 0 saturated heterocycles. The summed E-state index contributed by atoms with van der Waals surface area (Å²) in [5.74, 6) is 1.32. The van der Waals surface area contributed by atoms with Crippen LogP contribution < -0.4 is 16.2 Å². The van der Waals surface area contributed by atoms with Crippen LogP contribution in [0, 0.1) is 0 Å². The van der Waals surface area contributed by atoms with Crippen LogP contribution in [0.25, 0.3) is 0 Å². The first-order valence-electron chi connectivity index (χ1n) is 3.87. The molecule has 0 saturated carbocycles. The van der Waals surface area contributed by atoms with E-state index in [2.05, 4.69) is 4.98 Å². The minimum absolute atomic E-state index is 0.354. The number of methoxy groups -OCH3 is 1. The normalized spacial score (nSPS) is 9.92. The number of nitrogens with two attached hydrogens (primary N) is 2. The monoisotopic (exact) mass is 183 g/mol. The van der Waals surface area contributed by atoms with Gasteiger partial charge in [-0.2, -0.15) is 0 Å². The van der Waals surface area contributed by atoms with Crippen LogP contribution in [0.4, 0.5) is 11.6 Å². The summed E-state index contributed by atoms with van der Waals surface area (Å²) < 4.78 is 10.1. The molecule has 0 aliphatic carbocycles. The predicted molar refractivity (Wildman–Crippen MR) is 50.4 cm³/mol. The molecule has 13 heavy (non-hydrogen) atoms. The number of hydrogen-bond donors (Lipinski definition) is 2. The highest BCUT2D eigenvalue weighted by atomic mass is 16.5. The second-order valence-electron chi connectivity index (χ2n) is 2.49. The molecule has 0 atom stereocenters. The van der Waals surface area contributed by atoms with Gasteiger partial charge in [-0.3, -0.25) is 0 Å². The molecule has 0 aliphatic rings. The van der Waals surface area contributed by atoms with E-state index in [4.69, 9.17) is 20.9 Å². The summed E-state index contributed by atoms with van der Waals surface area (Å²) in [6, 6.07) is 3.23. The molecule has 1 rings (SSSR count). The van der Waals surface area contributed by atoms with Crippen molar-refractivity contribution in [3.63, 3.8) is 0 Å². The summed E-state index contributed by atoms with van der Waals surface area (Å²) >= 11 is 0. The van der Waals surface area contributed by atoms with Gasteiger partial charge in [0.2, 0.25) is 0 Å². The number of rotatable bonds is 4. The highest BCUT2D eigenvalue weighted by Crippen LogP contribution is 2.16. The van der Waals surface area contributed by atoms with Gasteiger partial charge >= 0.3 is 0 Å². The third kappa shape index (κ3) is 3.16. The second-order valence-corrected chi connectivity index (χ2v) is 2.49. The van der Waals surface area contributed by atoms with E-state index >= 15 is 0 Å². The molecule has 0 unspecified atom stereocenters. The van der Waals surface area contributed by atoms with Crippen molar-refractivity contribution >= 4 is 11.6 Å². The lowest BCUT2D eigenvalue weighted by Crippen LogP contribution is -2.05. The van der Waals surface area contributed by atoms with E-state index in [1.165, 1.54) is 0 Å². The van der Waals surface area contributed by atoms with Gasteiger partial charge in [-0.15, -0.1) is 0 Å². The minimum Gasteiger partial charge on any atom is -0.491 e. The molecular weight excluding hydrogens is 170 g/mol. The van der Waals surface area contributed by atoms with Gasteiger partial charge in [0.1, 0.15) is 24.0 Å². The fraction of sp³-hybridized carbons (Fsp3) is 0.375. The molecule has 72 valence electrons. The Hall–Kier alpha value is -1.49. The van der Waals surface area contributed by atoms with Gasteiger partial charge in [-0.1, -0.05) is 0 Å². The Bertz CT molecular complexity index is 258. The summed E-state index contributed by atoms with van der Waals surface area (Å²) in [6.45, 7) is 1.00. The van der Waals surface area contributed by atoms with Crippen molar-refractivity contribution in [3.05, 3.63) is 12.1 Å². The van der Waals surface area contributed by atoms with Crippen LogP contribution in [-0.2, 0) is 4.74 Å². The molecule has 1 aromatic rings. The fourth-order valence-electron chi connectivity index (χ4n) is 0.873. The molecule has 1 heterocycles. The number of pyridine rings is 1. The quantitative estimate of drug-likeness (QED) is 0.655. The number of ether oxygens (including phenoxy) is 2. The summed E-state index contributed by atoms with van der Waals surface area (Å²) in [6.07, 6.45) is 0. The summed E-state index contributed by atoms with van der Waals surface area (Å²) in [5.41, 5.74) is 10.9. The first kappa shape index (κ1) is 9.60. The Kier molecular flexibility index (Phi) is 3.33. The molecule has 4 N–H and O–H groups in total. The Balaban J connectivity index is 2.56. The molecule has 0 aromatic carbocycles. The third-order valence-corrected chi connectivity index (χ3v) is 1.39. The summed E-state index contributed by atoms with van der Waals surface area (Å²) in [5, 5.41) is 0. The maximum Gasteiger partial charge on any atom is 0.129 e. The molecule has 0 bridgehead atoms. The van der Waals surface area contributed by atoms with Crippen molar-refractivity contribution in [2.24, 2.45) is 0 Å². The Labute approximate surface area is 76.7 Å². The standard InChI is InChI=1S/C8H13N3O2/c1-12-2-3-13-6-4-7(9)11-8(10)5-6/h4-5H,2-3H2,1H3,(H4,9,10,11). The van der Waals surface area contributed by atoms with E-state index < -0.39 is 0 Å². The highest BCUT2D eigenvalue weighted by molar-refractivity contribution is 5.46. The SMILES string of the molecule is COCCOc1cc(N)nc(N)c1. The van der Waals surface area contributed by atoms with Crippen LogP contribution in [0.2, 0.25) is 0 Å².